The van der Waals surface area contributed by atoms with E-state index in [-0.39, 0.29) is 42.3 Å². The number of aliphatic carboxylic acids is 2. The number of hydrogen-bond acceptors (Lipinski definition) is 16. The van der Waals surface area contributed by atoms with Gasteiger partial charge in [0, 0.05) is 36.7 Å². The third kappa shape index (κ3) is 20.5. The van der Waals surface area contributed by atoms with E-state index >= 15 is 0 Å². The van der Waals surface area contributed by atoms with Crippen LogP contribution >= 0.6 is 21.6 Å². The third-order valence-electron chi connectivity index (χ3n) is 12.4. The second-order valence-electron chi connectivity index (χ2n) is 18.9. The number of carboxylic acid groups (broad SMARTS) is 2. The first kappa shape index (κ1) is 63.1. The van der Waals surface area contributed by atoms with Crippen molar-refractivity contribution >= 4 is 86.7 Å². The van der Waals surface area contributed by atoms with Crippen molar-refractivity contribution in [3.63, 3.8) is 0 Å². The number of aliphatic hydroxyl groups excluding tert-OH is 1. The smallest absolute Gasteiger partial charge is 0.305 e. The zero-order chi connectivity index (χ0) is 59.3. The summed E-state index contributed by atoms with van der Waals surface area (Å²) in [6, 6.07) is 15.6. The van der Waals surface area contributed by atoms with E-state index in [1.54, 1.807) is 24.3 Å². The van der Waals surface area contributed by atoms with Crippen LogP contribution in [0.5, 0.6) is 11.5 Å². The number of rotatable bonds is 17. The lowest BCUT2D eigenvalue weighted by Gasteiger charge is -2.27. The van der Waals surface area contributed by atoms with Crippen LogP contribution in [0.4, 0.5) is 0 Å². The van der Waals surface area contributed by atoms with Crippen LogP contribution in [-0.4, -0.2) is 157 Å². The first-order valence-electron chi connectivity index (χ1n) is 25.2. The van der Waals surface area contributed by atoms with Gasteiger partial charge < -0.3 is 73.8 Å². The van der Waals surface area contributed by atoms with Crippen molar-refractivity contribution in [2.24, 2.45) is 11.7 Å². The fourth-order valence-electron chi connectivity index (χ4n) is 7.95. The Balaban J connectivity index is 1.48. The van der Waals surface area contributed by atoms with Gasteiger partial charge in [0.25, 0.3) is 0 Å². The monoisotopic (exact) mass is 1160 g/mol. The van der Waals surface area contributed by atoms with Crippen molar-refractivity contribution < 1.29 is 78.3 Å². The summed E-state index contributed by atoms with van der Waals surface area (Å²) in [6.45, 7) is 1.73. The predicted octanol–water partition coefficient (Wildman–Crippen LogP) is -0.851. The van der Waals surface area contributed by atoms with Crippen LogP contribution in [0.1, 0.15) is 43.4 Å². The van der Waals surface area contributed by atoms with Crippen LogP contribution in [-0.2, 0) is 72.0 Å². The molecule has 9 atom stereocenters. The van der Waals surface area contributed by atoms with E-state index in [9.17, 15) is 78.3 Å². The number of aliphatic hydroxyl groups is 1. The maximum atomic E-state index is 14.4. The molecule has 1 aliphatic rings. The first-order valence-corrected chi connectivity index (χ1v) is 27.7. The van der Waals surface area contributed by atoms with Gasteiger partial charge in [-0.2, -0.15) is 0 Å². The highest BCUT2D eigenvalue weighted by Crippen LogP contribution is 2.26. The van der Waals surface area contributed by atoms with Crippen molar-refractivity contribution in [1.82, 2.24) is 42.5 Å². The predicted molar refractivity (Wildman–Crippen MR) is 295 cm³/mol. The molecule has 1 aliphatic heterocycles. The van der Waals surface area contributed by atoms with Crippen LogP contribution in [0.3, 0.4) is 0 Å². The summed E-state index contributed by atoms with van der Waals surface area (Å²) in [7, 11) is 1.93. The minimum absolute atomic E-state index is 0.0655. The third-order valence-corrected chi connectivity index (χ3v) is 15.0. The number of nitrogens with two attached hydrogens (primary N) is 1. The van der Waals surface area contributed by atoms with Crippen LogP contribution in [0.25, 0.3) is 11.1 Å². The van der Waals surface area contributed by atoms with Crippen molar-refractivity contribution in [2.75, 3.05) is 18.1 Å². The van der Waals surface area contributed by atoms with Crippen LogP contribution in [0.2, 0.25) is 0 Å². The van der Waals surface area contributed by atoms with Crippen molar-refractivity contribution in [1.29, 1.82) is 0 Å². The van der Waals surface area contributed by atoms with Gasteiger partial charge in [-0.3, -0.25) is 52.7 Å². The van der Waals surface area contributed by atoms with Gasteiger partial charge in [-0.15, -0.1) is 0 Å². The lowest BCUT2D eigenvalue weighted by atomic mass is 9.99. The standard InChI is InChI=1S/C54H63N9O16S2/c1-28-26-80-81-27-42(53(78)61-39(50(75)57-37(47(55)72)23-44(68)69)21-30-8-14-34(15-9-30)33-6-4-3-5-7-33)62-54(79)46(29(2)64)63-43(67)25-56-49(74)38(20-31-10-16-35(65)17-11-31)59-51(76)40(22-32-12-18-36(66)19-13-32)60-52(77)41(24-45(70)71)58-48(28)73/h3-19,28-29,37-42,46,64-66H,20-27H2,1-2H3,(H2,55,72)(H,56,74)(H,57,75)(H,58,73)(H,59,76)(H,60,77)(H,61,78)(H,62,79)(H,63,67)(H,68,69)(H,70,71)/t28-,29?,37+,38-,39-,40-,41-,42-,46-/m0/s1. The Kier molecular flexibility index (Phi) is 23.9. The first-order chi connectivity index (χ1) is 38.4. The van der Waals surface area contributed by atoms with Crippen molar-refractivity contribution in [3.05, 3.63) is 120 Å². The molecule has 432 valence electrons. The van der Waals surface area contributed by atoms with Gasteiger partial charge in [-0.25, -0.2) is 0 Å². The molecule has 0 radical (unpaired) electrons. The van der Waals surface area contributed by atoms with E-state index in [0.717, 1.165) is 39.6 Å². The Morgan fingerprint density at radius 2 is 1.12 bits per heavy atom. The van der Waals surface area contributed by atoms with Gasteiger partial charge in [0.1, 0.15) is 53.8 Å². The lowest BCUT2D eigenvalue weighted by Crippen LogP contribution is -2.61. The van der Waals surface area contributed by atoms with Gasteiger partial charge >= 0.3 is 11.9 Å². The van der Waals surface area contributed by atoms with Crippen LogP contribution < -0.4 is 48.3 Å². The van der Waals surface area contributed by atoms with E-state index < -0.39 is 139 Å². The molecule has 0 spiro atoms. The molecular formula is C54H63N9O16S2. The number of carboxylic acids is 2. The maximum absolute atomic E-state index is 14.4. The average molecular weight is 1160 g/mol. The van der Waals surface area contributed by atoms with E-state index in [0.29, 0.717) is 16.7 Å². The number of primary amides is 1. The number of carbonyl (C=O) groups is 11. The minimum atomic E-state index is -1.81. The largest absolute Gasteiger partial charge is 0.508 e. The highest BCUT2D eigenvalue weighted by atomic mass is 33.1. The lowest BCUT2D eigenvalue weighted by molar-refractivity contribution is -0.141. The summed E-state index contributed by atoms with van der Waals surface area (Å²) in [5, 5.41) is 69.4. The zero-order valence-corrected chi connectivity index (χ0v) is 45.4. The van der Waals surface area contributed by atoms with Gasteiger partial charge in [0.15, 0.2) is 0 Å². The van der Waals surface area contributed by atoms with Gasteiger partial charge in [-0.05, 0) is 59.0 Å². The fourth-order valence-corrected chi connectivity index (χ4v) is 10.5. The summed E-state index contributed by atoms with van der Waals surface area (Å²) < 4.78 is 0. The Bertz CT molecular complexity index is 2900. The fraction of sp³-hybridized carbons (Fsp3) is 0.352. The van der Waals surface area contributed by atoms with Crippen molar-refractivity contribution in [2.45, 2.75) is 94.3 Å². The molecule has 1 heterocycles. The Morgan fingerprint density at radius 3 is 1.67 bits per heavy atom. The second-order valence-corrected chi connectivity index (χ2v) is 21.5. The number of hydrogen-bond donors (Lipinski definition) is 14. The highest BCUT2D eigenvalue weighted by molar-refractivity contribution is 8.76. The number of benzene rings is 4. The molecule has 81 heavy (non-hydrogen) atoms. The molecule has 0 aromatic heterocycles. The molecule has 4 aromatic rings. The molecule has 5 rings (SSSR count). The van der Waals surface area contributed by atoms with Crippen LogP contribution in [0.15, 0.2) is 103 Å². The molecule has 25 nitrogen and oxygen atoms in total. The summed E-state index contributed by atoms with van der Waals surface area (Å²) in [6.07, 6.45) is -4.32. The maximum Gasteiger partial charge on any atom is 0.305 e. The number of aromatic hydroxyl groups is 2. The quantitative estimate of drug-likeness (QED) is 0.0573. The van der Waals surface area contributed by atoms with Crippen molar-refractivity contribution in [3.8, 4) is 22.6 Å². The molecule has 4 aromatic carbocycles. The molecule has 15 N–H and O–H groups in total. The summed E-state index contributed by atoms with van der Waals surface area (Å²) in [4.78, 5) is 148. The molecule has 1 fully saturated rings. The molecule has 9 amide bonds. The number of phenols is 2. The molecular weight excluding hydrogens is 1090 g/mol. The molecule has 0 aliphatic carbocycles. The molecule has 0 bridgehead atoms. The molecule has 27 heteroatoms. The zero-order valence-electron chi connectivity index (χ0n) is 43.8. The van der Waals surface area contributed by atoms with E-state index in [1.165, 1.54) is 55.5 Å². The van der Waals surface area contributed by atoms with Gasteiger partial charge in [-0.1, -0.05) is 107 Å². The topological polar surface area (TPSA) is 411 Å². The normalized spacial score (nSPS) is 21.1. The number of amides is 9. The molecule has 1 saturated heterocycles. The Labute approximate surface area is 472 Å². The summed E-state index contributed by atoms with van der Waals surface area (Å²) in [5.41, 5.74) is 8.37. The Hall–Kier alpha value is -8.69. The summed E-state index contributed by atoms with van der Waals surface area (Å²) >= 11 is 0. The Morgan fingerprint density at radius 1 is 0.605 bits per heavy atom. The van der Waals surface area contributed by atoms with E-state index in [2.05, 4.69) is 42.5 Å². The summed E-state index contributed by atoms with van der Waals surface area (Å²) in [5.74, 6) is -13.9. The van der Waals surface area contributed by atoms with E-state index in [1.807, 2.05) is 30.3 Å². The second kappa shape index (κ2) is 30.6. The molecule has 0 saturated carbocycles. The average Bonchev–Trinajstić information content (AvgIpc) is 3.45. The number of carbonyl (C=O) groups excluding carboxylic acids is 9. The number of phenolic OH excluding ortho intramolecular Hbond substituents is 2. The SMILES string of the molecule is CC(O)[C@@H]1NC(=O)CNC(=O)[C@H](Cc2ccc(O)cc2)NC(=O)[C@H](Cc2ccc(O)cc2)NC(=O)[C@H](CC(=O)O)NC(=O)[C@@H](C)CSSC[C@@H](C(=O)N[C@@H](Cc2ccc(-c3ccccc3)cc2)C(=O)N[C@H](CC(=O)O)C(N)=O)NC1=O. The van der Waals surface area contributed by atoms with Crippen LogP contribution in [0, 0.1) is 5.92 Å². The van der Waals surface area contributed by atoms with Gasteiger partial charge in [0.05, 0.1) is 25.5 Å². The minimum Gasteiger partial charge on any atom is -0.508 e. The highest BCUT2D eigenvalue weighted by Gasteiger charge is 2.36. The number of nitrogens with one attached hydrogen (secondary N) is 8. The molecule has 1 unspecified atom stereocenters. The van der Waals surface area contributed by atoms with E-state index in [4.69, 9.17) is 5.73 Å². The van der Waals surface area contributed by atoms with Gasteiger partial charge in [0.2, 0.25) is 53.2 Å².